The standard InChI is InChI=1S/C15H17N5O/c16-13-5-3-11(9-17-13)15(21)19-14-6-4-12(10-18-14)20-7-1-2-8-20/h3-6,9-10H,1-2,7-8H2,(H2,16,17)(H,18,19,21). The first-order valence-electron chi connectivity index (χ1n) is 6.96. The maximum absolute atomic E-state index is 12.0. The molecule has 0 saturated carbocycles. The molecule has 0 aromatic carbocycles. The largest absolute Gasteiger partial charge is 0.384 e. The van der Waals surface area contributed by atoms with Crippen LogP contribution in [0.1, 0.15) is 23.2 Å². The van der Waals surface area contributed by atoms with E-state index < -0.39 is 0 Å². The first-order chi connectivity index (χ1) is 10.2. The van der Waals surface area contributed by atoms with Crippen LogP contribution in [0.4, 0.5) is 17.3 Å². The molecule has 21 heavy (non-hydrogen) atoms. The third-order valence-corrected chi connectivity index (χ3v) is 3.51. The minimum atomic E-state index is -0.246. The number of aromatic nitrogens is 2. The highest BCUT2D eigenvalue weighted by molar-refractivity contribution is 6.03. The van der Waals surface area contributed by atoms with Crippen molar-refractivity contribution in [2.45, 2.75) is 12.8 Å². The molecule has 3 heterocycles. The Kier molecular flexibility index (Phi) is 3.68. The van der Waals surface area contributed by atoms with E-state index in [4.69, 9.17) is 5.73 Å². The fourth-order valence-electron chi connectivity index (χ4n) is 2.35. The van der Waals surface area contributed by atoms with Crippen LogP contribution in [0.2, 0.25) is 0 Å². The minimum absolute atomic E-state index is 0.246. The zero-order valence-electron chi connectivity index (χ0n) is 11.6. The maximum atomic E-state index is 12.0. The number of carbonyl (C=O) groups excluding carboxylic acids is 1. The number of pyridine rings is 2. The SMILES string of the molecule is Nc1ccc(C(=O)Nc2ccc(N3CCCC3)cn2)cn1. The Hall–Kier alpha value is -2.63. The number of nitrogen functional groups attached to an aromatic ring is 1. The molecule has 1 amide bonds. The molecule has 0 aliphatic carbocycles. The van der Waals surface area contributed by atoms with Crippen molar-refractivity contribution in [3.05, 3.63) is 42.2 Å². The van der Waals surface area contributed by atoms with Crippen LogP contribution in [0.5, 0.6) is 0 Å². The van der Waals surface area contributed by atoms with Crippen molar-refractivity contribution in [3.8, 4) is 0 Å². The molecule has 2 aromatic heterocycles. The summed E-state index contributed by atoms with van der Waals surface area (Å²) < 4.78 is 0. The molecule has 2 aromatic rings. The normalized spacial score (nSPS) is 14.2. The highest BCUT2D eigenvalue weighted by Crippen LogP contribution is 2.20. The maximum Gasteiger partial charge on any atom is 0.258 e. The van der Waals surface area contributed by atoms with Crippen LogP contribution in [0, 0.1) is 0 Å². The van der Waals surface area contributed by atoms with Gasteiger partial charge in [0.1, 0.15) is 11.6 Å². The van der Waals surface area contributed by atoms with Crippen molar-refractivity contribution in [1.29, 1.82) is 0 Å². The number of nitrogens with one attached hydrogen (secondary N) is 1. The Bertz CT molecular complexity index is 618. The predicted octanol–water partition coefficient (Wildman–Crippen LogP) is 1.91. The van der Waals surface area contributed by atoms with E-state index >= 15 is 0 Å². The summed E-state index contributed by atoms with van der Waals surface area (Å²) in [6.07, 6.45) is 5.69. The summed E-state index contributed by atoms with van der Waals surface area (Å²) in [5.74, 6) is 0.670. The van der Waals surface area contributed by atoms with Gasteiger partial charge in [0.25, 0.3) is 5.91 Å². The van der Waals surface area contributed by atoms with Crippen LogP contribution in [-0.2, 0) is 0 Å². The van der Waals surface area contributed by atoms with Gasteiger partial charge in [-0.25, -0.2) is 9.97 Å². The Morgan fingerprint density at radius 2 is 1.90 bits per heavy atom. The Morgan fingerprint density at radius 1 is 1.10 bits per heavy atom. The van der Waals surface area contributed by atoms with Crippen LogP contribution < -0.4 is 16.0 Å². The molecular weight excluding hydrogens is 266 g/mol. The third-order valence-electron chi connectivity index (χ3n) is 3.51. The summed E-state index contributed by atoms with van der Waals surface area (Å²) >= 11 is 0. The molecule has 1 saturated heterocycles. The van der Waals surface area contributed by atoms with Crippen molar-refractivity contribution < 1.29 is 4.79 Å². The van der Waals surface area contributed by atoms with Crippen molar-refractivity contribution in [1.82, 2.24) is 9.97 Å². The van der Waals surface area contributed by atoms with E-state index in [1.165, 1.54) is 19.0 Å². The highest BCUT2D eigenvalue weighted by atomic mass is 16.1. The van der Waals surface area contributed by atoms with Crippen LogP contribution in [0.15, 0.2) is 36.7 Å². The molecular formula is C15H17N5O. The van der Waals surface area contributed by atoms with Crippen molar-refractivity contribution in [2.24, 2.45) is 0 Å². The van der Waals surface area contributed by atoms with Crippen LogP contribution in [0.25, 0.3) is 0 Å². The molecule has 1 aliphatic heterocycles. The molecule has 0 spiro atoms. The van der Waals surface area contributed by atoms with Gasteiger partial charge < -0.3 is 16.0 Å². The summed E-state index contributed by atoms with van der Waals surface area (Å²) in [6.45, 7) is 2.15. The Morgan fingerprint density at radius 3 is 2.52 bits per heavy atom. The number of carbonyl (C=O) groups is 1. The molecule has 108 valence electrons. The molecule has 1 fully saturated rings. The lowest BCUT2D eigenvalue weighted by molar-refractivity contribution is 0.102. The van der Waals surface area contributed by atoms with Gasteiger partial charge in [0, 0.05) is 19.3 Å². The molecule has 1 aliphatic rings. The van der Waals surface area contributed by atoms with Gasteiger partial charge in [-0.3, -0.25) is 4.79 Å². The van der Waals surface area contributed by atoms with E-state index in [1.54, 1.807) is 18.3 Å². The zero-order valence-corrected chi connectivity index (χ0v) is 11.6. The van der Waals surface area contributed by atoms with Crippen molar-refractivity contribution in [2.75, 3.05) is 29.0 Å². The topological polar surface area (TPSA) is 84.1 Å². The fourth-order valence-corrected chi connectivity index (χ4v) is 2.35. The average Bonchev–Trinajstić information content (AvgIpc) is 3.03. The predicted molar refractivity (Wildman–Crippen MR) is 82.3 cm³/mol. The summed E-state index contributed by atoms with van der Waals surface area (Å²) in [5.41, 5.74) is 7.05. The molecule has 0 bridgehead atoms. The highest BCUT2D eigenvalue weighted by Gasteiger charge is 2.13. The second kappa shape index (κ2) is 5.78. The summed E-state index contributed by atoms with van der Waals surface area (Å²) in [4.78, 5) is 22.5. The Balaban J connectivity index is 1.67. The lowest BCUT2D eigenvalue weighted by Crippen LogP contribution is -2.18. The monoisotopic (exact) mass is 283 g/mol. The third kappa shape index (κ3) is 3.10. The van der Waals surface area contributed by atoms with Gasteiger partial charge >= 0.3 is 0 Å². The first-order valence-corrected chi connectivity index (χ1v) is 6.96. The summed E-state index contributed by atoms with van der Waals surface area (Å²) in [5, 5.41) is 2.75. The first kappa shape index (κ1) is 13.4. The Labute approximate surface area is 123 Å². The van der Waals surface area contributed by atoms with Crippen LogP contribution >= 0.6 is 0 Å². The van der Waals surface area contributed by atoms with Gasteiger partial charge in [-0.15, -0.1) is 0 Å². The second-order valence-corrected chi connectivity index (χ2v) is 5.02. The summed E-state index contributed by atoms with van der Waals surface area (Å²) in [7, 11) is 0. The summed E-state index contributed by atoms with van der Waals surface area (Å²) in [6, 6.07) is 7.03. The van der Waals surface area contributed by atoms with E-state index in [1.807, 2.05) is 12.1 Å². The number of hydrogen-bond donors (Lipinski definition) is 2. The molecule has 0 atom stereocenters. The quantitative estimate of drug-likeness (QED) is 0.899. The number of nitrogens with two attached hydrogens (primary N) is 1. The molecule has 0 radical (unpaired) electrons. The van der Waals surface area contributed by atoms with Crippen molar-refractivity contribution >= 4 is 23.2 Å². The lowest BCUT2D eigenvalue weighted by atomic mass is 10.2. The van der Waals surface area contributed by atoms with E-state index in [2.05, 4.69) is 20.2 Å². The lowest BCUT2D eigenvalue weighted by Gasteiger charge is -2.17. The number of anilines is 3. The molecule has 6 nitrogen and oxygen atoms in total. The van der Waals surface area contributed by atoms with Gasteiger partial charge in [0.2, 0.25) is 0 Å². The van der Waals surface area contributed by atoms with E-state index in [-0.39, 0.29) is 5.91 Å². The number of rotatable bonds is 3. The number of amides is 1. The minimum Gasteiger partial charge on any atom is -0.384 e. The van der Waals surface area contributed by atoms with E-state index in [9.17, 15) is 4.79 Å². The van der Waals surface area contributed by atoms with Gasteiger partial charge in [0.05, 0.1) is 17.4 Å². The van der Waals surface area contributed by atoms with Crippen molar-refractivity contribution in [3.63, 3.8) is 0 Å². The average molecular weight is 283 g/mol. The van der Waals surface area contributed by atoms with Gasteiger partial charge in [-0.1, -0.05) is 0 Å². The smallest absolute Gasteiger partial charge is 0.258 e. The fraction of sp³-hybridized carbons (Fsp3) is 0.267. The molecule has 0 unspecified atom stereocenters. The van der Waals surface area contributed by atoms with Gasteiger partial charge in [0.15, 0.2) is 0 Å². The van der Waals surface area contributed by atoms with E-state index in [0.29, 0.717) is 17.2 Å². The second-order valence-electron chi connectivity index (χ2n) is 5.02. The number of hydrogen-bond acceptors (Lipinski definition) is 5. The zero-order chi connectivity index (χ0) is 14.7. The number of nitrogens with zero attached hydrogens (tertiary/aromatic N) is 3. The molecule has 6 heteroatoms. The molecule has 3 rings (SSSR count). The van der Waals surface area contributed by atoms with E-state index in [0.717, 1.165) is 18.8 Å². The molecule has 3 N–H and O–H groups in total. The van der Waals surface area contributed by atoms with Gasteiger partial charge in [-0.05, 0) is 37.1 Å². The van der Waals surface area contributed by atoms with Crippen LogP contribution in [-0.4, -0.2) is 29.0 Å². The van der Waals surface area contributed by atoms with Crippen LogP contribution in [0.3, 0.4) is 0 Å². The van der Waals surface area contributed by atoms with Gasteiger partial charge in [-0.2, -0.15) is 0 Å².